The summed E-state index contributed by atoms with van der Waals surface area (Å²) in [5.74, 6) is 0.777. The Morgan fingerprint density at radius 3 is 2.77 bits per heavy atom. The fourth-order valence-corrected chi connectivity index (χ4v) is 1.51. The highest BCUT2D eigenvalue weighted by atomic mass is 127. The van der Waals surface area contributed by atoms with E-state index in [-0.39, 0.29) is 5.78 Å². The van der Waals surface area contributed by atoms with Crippen molar-refractivity contribution < 1.29 is 9.53 Å². The normalized spacial score (nSPS) is 9.77. The Balaban J connectivity index is 3.13. The third kappa shape index (κ3) is 2.43. The van der Waals surface area contributed by atoms with Gasteiger partial charge in [0.2, 0.25) is 0 Å². The van der Waals surface area contributed by atoms with Crippen LogP contribution in [0.25, 0.3) is 0 Å². The standard InChI is InChI=1S/C10H11IO2/c1-7-3-4-8(9(12)6-11)10(5-7)13-2/h3-5H,6H2,1-2H3. The Kier molecular flexibility index (Phi) is 3.71. The Bertz CT molecular complexity index is 321. The van der Waals surface area contributed by atoms with Crippen LogP contribution in [-0.4, -0.2) is 17.3 Å². The molecule has 0 bridgehead atoms. The van der Waals surface area contributed by atoms with Crippen LogP contribution in [0.5, 0.6) is 5.75 Å². The van der Waals surface area contributed by atoms with Crippen LogP contribution in [0.2, 0.25) is 0 Å². The summed E-state index contributed by atoms with van der Waals surface area (Å²) in [5, 5.41) is 0. The lowest BCUT2D eigenvalue weighted by Gasteiger charge is -2.06. The number of carbonyl (C=O) groups excluding carboxylic acids is 1. The molecule has 3 heteroatoms. The van der Waals surface area contributed by atoms with Gasteiger partial charge in [0, 0.05) is 0 Å². The number of alkyl halides is 1. The zero-order valence-electron chi connectivity index (χ0n) is 7.63. The van der Waals surface area contributed by atoms with E-state index in [0.717, 1.165) is 5.56 Å². The second-order valence-electron chi connectivity index (χ2n) is 2.76. The number of halogens is 1. The number of hydrogen-bond donors (Lipinski definition) is 0. The van der Waals surface area contributed by atoms with Crippen LogP contribution in [0.15, 0.2) is 18.2 Å². The predicted molar refractivity (Wildman–Crippen MR) is 60.9 cm³/mol. The minimum Gasteiger partial charge on any atom is -0.496 e. The van der Waals surface area contributed by atoms with Crippen LogP contribution in [0.4, 0.5) is 0 Å². The predicted octanol–water partition coefficient (Wildman–Crippen LogP) is 2.62. The maximum absolute atomic E-state index is 11.4. The molecule has 70 valence electrons. The summed E-state index contributed by atoms with van der Waals surface area (Å²) >= 11 is 2.05. The molecule has 0 saturated carbocycles. The van der Waals surface area contributed by atoms with Gasteiger partial charge >= 0.3 is 0 Å². The van der Waals surface area contributed by atoms with Gasteiger partial charge in [-0.15, -0.1) is 0 Å². The molecule has 0 atom stereocenters. The Morgan fingerprint density at radius 1 is 1.54 bits per heavy atom. The molecular formula is C10H11IO2. The van der Waals surface area contributed by atoms with Crippen LogP contribution in [0, 0.1) is 6.92 Å². The van der Waals surface area contributed by atoms with E-state index in [0.29, 0.717) is 15.7 Å². The van der Waals surface area contributed by atoms with Crippen molar-refractivity contribution in [2.45, 2.75) is 6.92 Å². The lowest BCUT2D eigenvalue weighted by atomic mass is 10.1. The van der Waals surface area contributed by atoms with Gasteiger partial charge in [-0.25, -0.2) is 0 Å². The molecule has 0 spiro atoms. The van der Waals surface area contributed by atoms with Crippen LogP contribution in [-0.2, 0) is 0 Å². The minimum absolute atomic E-state index is 0.109. The molecule has 0 aliphatic carbocycles. The van der Waals surface area contributed by atoms with Gasteiger partial charge in [0.25, 0.3) is 0 Å². The van der Waals surface area contributed by atoms with E-state index in [1.54, 1.807) is 7.11 Å². The zero-order valence-corrected chi connectivity index (χ0v) is 9.79. The van der Waals surface area contributed by atoms with E-state index in [4.69, 9.17) is 4.74 Å². The molecule has 0 heterocycles. The SMILES string of the molecule is COc1cc(C)ccc1C(=O)CI. The summed E-state index contributed by atoms with van der Waals surface area (Å²) in [6.45, 7) is 1.97. The molecule has 0 saturated heterocycles. The van der Waals surface area contributed by atoms with Gasteiger partial charge in [0.1, 0.15) is 5.75 Å². The lowest BCUT2D eigenvalue weighted by molar-refractivity contribution is 0.102. The Morgan fingerprint density at radius 2 is 2.23 bits per heavy atom. The van der Waals surface area contributed by atoms with Crippen molar-refractivity contribution in [3.05, 3.63) is 29.3 Å². The van der Waals surface area contributed by atoms with Crippen molar-refractivity contribution >= 4 is 28.4 Å². The van der Waals surface area contributed by atoms with Crippen molar-refractivity contribution in [2.24, 2.45) is 0 Å². The zero-order chi connectivity index (χ0) is 9.84. The monoisotopic (exact) mass is 290 g/mol. The van der Waals surface area contributed by atoms with Gasteiger partial charge in [-0.1, -0.05) is 28.7 Å². The maximum Gasteiger partial charge on any atom is 0.176 e. The number of rotatable bonds is 3. The van der Waals surface area contributed by atoms with Gasteiger partial charge in [0.05, 0.1) is 17.1 Å². The van der Waals surface area contributed by atoms with E-state index in [2.05, 4.69) is 22.6 Å². The summed E-state index contributed by atoms with van der Waals surface area (Å²) in [6.07, 6.45) is 0. The average Bonchev–Trinajstić information content (AvgIpc) is 2.16. The largest absolute Gasteiger partial charge is 0.496 e. The summed E-state index contributed by atoms with van der Waals surface area (Å²) in [6, 6.07) is 5.61. The number of hydrogen-bond acceptors (Lipinski definition) is 2. The number of ketones is 1. The van der Waals surface area contributed by atoms with E-state index >= 15 is 0 Å². The lowest BCUT2D eigenvalue weighted by Crippen LogP contribution is -2.02. The molecule has 2 nitrogen and oxygen atoms in total. The molecule has 0 unspecified atom stereocenters. The van der Waals surface area contributed by atoms with E-state index in [9.17, 15) is 4.79 Å². The average molecular weight is 290 g/mol. The quantitative estimate of drug-likeness (QED) is 0.486. The topological polar surface area (TPSA) is 26.3 Å². The maximum atomic E-state index is 11.4. The first-order valence-electron chi connectivity index (χ1n) is 3.93. The molecule has 0 aliphatic heterocycles. The fraction of sp³-hybridized carbons (Fsp3) is 0.300. The van der Waals surface area contributed by atoms with Gasteiger partial charge in [0.15, 0.2) is 5.78 Å². The molecule has 0 N–H and O–H groups in total. The van der Waals surface area contributed by atoms with Crippen molar-refractivity contribution in [2.75, 3.05) is 11.5 Å². The summed E-state index contributed by atoms with van der Waals surface area (Å²) < 4.78 is 5.61. The highest BCUT2D eigenvalue weighted by molar-refractivity contribution is 14.1. The smallest absolute Gasteiger partial charge is 0.176 e. The molecular weight excluding hydrogens is 279 g/mol. The van der Waals surface area contributed by atoms with Gasteiger partial charge in [-0.2, -0.15) is 0 Å². The number of aryl methyl sites for hydroxylation is 1. The molecule has 1 rings (SSSR count). The van der Waals surface area contributed by atoms with E-state index in [1.165, 1.54) is 0 Å². The van der Waals surface area contributed by atoms with Crippen LogP contribution in [0.3, 0.4) is 0 Å². The summed E-state index contributed by atoms with van der Waals surface area (Å²) in [4.78, 5) is 11.4. The third-order valence-electron chi connectivity index (χ3n) is 1.78. The molecule has 1 aromatic carbocycles. The minimum atomic E-state index is 0.109. The summed E-state index contributed by atoms with van der Waals surface area (Å²) in [5.41, 5.74) is 1.77. The molecule has 0 amide bonds. The molecule has 0 radical (unpaired) electrons. The van der Waals surface area contributed by atoms with E-state index in [1.807, 2.05) is 25.1 Å². The van der Waals surface area contributed by atoms with Crippen LogP contribution < -0.4 is 4.74 Å². The van der Waals surface area contributed by atoms with Crippen LogP contribution >= 0.6 is 22.6 Å². The highest BCUT2D eigenvalue weighted by Crippen LogP contribution is 2.20. The molecule has 13 heavy (non-hydrogen) atoms. The number of Topliss-reactive ketones (excluding diaryl/α,β-unsaturated/α-hetero) is 1. The Hall–Kier alpha value is -0.580. The first kappa shape index (κ1) is 10.5. The number of carbonyl (C=O) groups is 1. The van der Waals surface area contributed by atoms with Crippen molar-refractivity contribution in [3.63, 3.8) is 0 Å². The molecule has 0 fully saturated rings. The van der Waals surface area contributed by atoms with Crippen molar-refractivity contribution in [1.82, 2.24) is 0 Å². The first-order chi connectivity index (χ1) is 6.19. The van der Waals surface area contributed by atoms with Gasteiger partial charge < -0.3 is 4.74 Å². The van der Waals surface area contributed by atoms with Crippen molar-refractivity contribution in [1.29, 1.82) is 0 Å². The highest BCUT2D eigenvalue weighted by Gasteiger charge is 2.09. The van der Waals surface area contributed by atoms with E-state index < -0.39 is 0 Å². The molecule has 0 aliphatic rings. The van der Waals surface area contributed by atoms with Crippen molar-refractivity contribution in [3.8, 4) is 5.75 Å². The number of benzene rings is 1. The molecule has 0 aromatic heterocycles. The number of ether oxygens (including phenoxy) is 1. The van der Waals surface area contributed by atoms with Gasteiger partial charge in [-0.3, -0.25) is 4.79 Å². The van der Waals surface area contributed by atoms with Gasteiger partial charge in [-0.05, 0) is 24.6 Å². The summed E-state index contributed by atoms with van der Waals surface area (Å²) in [7, 11) is 1.58. The number of methoxy groups -OCH3 is 1. The third-order valence-corrected chi connectivity index (χ3v) is 2.47. The Labute approximate surface area is 91.4 Å². The second kappa shape index (κ2) is 4.60. The second-order valence-corrected chi connectivity index (χ2v) is 3.52. The van der Waals surface area contributed by atoms with Crippen LogP contribution in [0.1, 0.15) is 15.9 Å². The molecule has 1 aromatic rings. The first-order valence-corrected chi connectivity index (χ1v) is 5.45. The fourth-order valence-electron chi connectivity index (χ4n) is 1.10.